The first-order chi connectivity index (χ1) is 10.1. The molecule has 1 atom stereocenters. The van der Waals surface area contributed by atoms with Crippen molar-refractivity contribution in [3.8, 4) is 5.75 Å². The summed E-state index contributed by atoms with van der Waals surface area (Å²) in [6, 6.07) is 9.53. The smallest absolute Gasteiger partial charge is 0.279 e. The lowest BCUT2D eigenvalue weighted by molar-refractivity contribution is 0.276. The highest BCUT2D eigenvalue weighted by atomic mass is 32.2. The van der Waals surface area contributed by atoms with E-state index >= 15 is 0 Å². The van der Waals surface area contributed by atoms with Crippen molar-refractivity contribution < 1.29 is 13.2 Å². The van der Waals surface area contributed by atoms with Crippen LogP contribution in [-0.2, 0) is 10.2 Å². The molecule has 1 aromatic rings. The molecule has 0 spiro atoms. The molecule has 0 bridgehead atoms. The fourth-order valence-electron chi connectivity index (χ4n) is 2.44. The predicted octanol–water partition coefficient (Wildman–Crippen LogP) is 2.02. The molecule has 6 heteroatoms. The highest BCUT2D eigenvalue weighted by molar-refractivity contribution is 7.87. The van der Waals surface area contributed by atoms with Gasteiger partial charge in [-0.15, -0.1) is 0 Å². The van der Waals surface area contributed by atoms with Crippen LogP contribution in [0.1, 0.15) is 26.2 Å². The number of nitrogens with one attached hydrogen (secondary N) is 1. The van der Waals surface area contributed by atoms with Gasteiger partial charge in [-0.3, -0.25) is 0 Å². The zero-order valence-corrected chi connectivity index (χ0v) is 13.3. The van der Waals surface area contributed by atoms with Crippen molar-refractivity contribution >= 4 is 10.2 Å². The van der Waals surface area contributed by atoms with Crippen LogP contribution in [0.15, 0.2) is 30.3 Å². The maximum absolute atomic E-state index is 12.1. The summed E-state index contributed by atoms with van der Waals surface area (Å²) >= 11 is 0. The molecule has 0 radical (unpaired) electrons. The van der Waals surface area contributed by atoms with Gasteiger partial charge in [0.15, 0.2) is 0 Å². The summed E-state index contributed by atoms with van der Waals surface area (Å²) in [6.07, 6.45) is 2.70. The van der Waals surface area contributed by atoms with Gasteiger partial charge in [-0.2, -0.15) is 12.7 Å². The fraction of sp³-hybridized carbons (Fsp3) is 0.600. The Labute approximate surface area is 127 Å². The normalized spacial score (nSPS) is 20.3. The Bertz CT molecular complexity index is 519. The SMILES string of the molecule is C[C@@H]1CCCN(S(=O)(=O)NCCCOc2ccccc2)C1. The topological polar surface area (TPSA) is 58.6 Å². The minimum absolute atomic E-state index is 0.403. The molecule has 0 amide bonds. The average Bonchev–Trinajstić information content (AvgIpc) is 2.48. The molecule has 0 saturated carbocycles. The molecule has 1 aliphatic rings. The quantitative estimate of drug-likeness (QED) is 0.784. The number of benzene rings is 1. The molecule has 0 aliphatic carbocycles. The van der Waals surface area contributed by atoms with Crippen molar-refractivity contribution in [2.45, 2.75) is 26.2 Å². The maximum Gasteiger partial charge on any atom is 0.279 e. The third kappa shape index (κ3) is 5.30. The summed E-state index contributed by atoms with van der Waals surface area (Å²) < 4.78 is 34.0. The molecule has 0 aromatic heterocycles. The minimum atomic E-state index is -3.33. The van der Waals surface area contributed by atoms with Gasteiger partial charge in [-0.25, -0.2) is 4.72 Å². The lowest BCUT2D eigenvalue weighted by Gasteiger charge is -2.29. The van der Waals surface area contributed by atoms with E-state index in [4.69, 9.17) is 4.74 Å². The largest absolute Gasteiger partial charge is 0.494 e. The van der Waals surface area contributed by atoms with Crippen LogP contribution in [0.2, 0.25) is 0 Å². The van der Waals surface area contributed by atoms with Crippen LogP contribution < -0.4 is 9.46 Å². The third-order valence-corrected chi connectivity index (χ3v) is 5.16. The summed E-state index contributed by atoms with van der Waals surface area (Å²) in [4.78, 5) is 0. The van der Waals surface area contributed by atoms with Gasteiger partial charge in [0, 0.05) is 19.6 Å². The Hall–Kier alpha value is -1.11. The second kappa shape index (κ2) is 7.77. The van der Waals surface area contributed by atoms with Gasteiger partial charge in [0.25, 0.3) is 10.2 Å². The van der Waals surface area contributed by atoms with Crippen molar-refractivity contribution in [1.29, 1.82) is 0 Å². The Morgan fingerprint density at radius 2 is 2.10 bits per heavy atom. The van der Waals surface area contributed by atoms with Crippen LogP contribution in [0.5, 0.6) is 5.75 Å². The molecule has 1 saturated heterocycles. The second-order valence-corrected chi connectivity index (χ2v) is 7.28. The third-order valence-electron chi connectivity index (χ3n) is 3.58. The lowest BCUT2D eigenvalue weighted by Crippen LogP contribution is -2.45. The number of rotatable bonds is 7. The summed E-state index contributed by atoms with van der Waals surface area (Å²) in [5.41, 5.74) is 0. The van der Waals surface area contributed by atoms with Crippen molar-refractivity contribution in [2.75, 3.05) is 26.2 Å². The summed E-state index contributed by atoms with van der Waals surface area (Å²) in [7, 11) is -3.33. The Morgan fingerprint density at radius 1 is 1.33 bits per heavy atom. The maximum atomic E-state index is 12.1. The number of ether oxygens (including phenoxy) is 1. The number of hydrogen-bond acceptors (Lipinski definition) is 3. The molecule has 2 rings (SSSR count). The molecule has 0 unspecified atom stereocenters. The van der Waals surface area contributed by atoms with Gasteiger partial charge in [0.2, 0.25) is 0 Å². The highest BCUT2D eigenvalue weighted by Crippen LogP contribution is 2.17. The van der Waals surface area contributed by atoms with Gasteiger partial charge in [0.05, 0.1) is 6.61 Å². The van der Waals surface area contributed by atoms with E-state index in [0.717, 1.165) is 18.6 Å². The zero-order valence-electron chi connectivity index (χ0n) is 12.5. The van der Waals surface area contributed by atoms with E-state index < -0.39 is 10.2 Å². The van der Waals surface area contributed by atoms with Gasteiger partial charge < -0.3 is 4.74 Å². The van der Waals surface area contributed by atoms with Crippen LogP contribution in [-0.4, -0.2) is 39.0 Å². The summed E-state index contributed by atoms with van der Waals surface area (Å²) in [5, 5.41) is 0. The molecule has 1 fully saturated rings. The first-order valence-electron chi connectivity index (χ1n) is 7.50. The molecule has 118 valence electrons. The Balaban J connectivity index is 1.67. The van der Waals surface area contributed by atoms with Gasteiger partial charge >= 0.3 is 0 Å². The van der Waals surface area contributed by atoms with Gasteiger partial charge in [0.1, 0.15) is 5.75 Å². The molecule has 21 heavy (non-hydrogen) atoms. The van der Waals surface area contributed by atoms with Crippen molar-refractivity contribution in [3.05, 3.63) is 30.3 Å². The summed E-state index contributed by atoms with van der Waals surface area (Å²) in [6.45, 7) is 4.24. The zero-order chi connectivity index (χ0) is 15.1. The van der Waals surface area contributed by atoms with Crippen molar-refractivity contribution in [2.24, 2.45) is 5.92 Å². The average molecular weight is 312 g/mol. The highest BCUT2D eigenvalue weighted by Gasteiger charge is 2.26. The van der Waals surface area contributed by atoms with Crippen LogP contribution in [0, 0.1) is 5.92 Å². The second-order valence-electron chi connectivity index (χ2n) is 5.52. The van der Waals surface area contributed by atoms with E-state index in [0.29, 0.717) is 38.6 Å². The molecule has 1 N–H and O–H groups in total. The van der Waals surface area contributed by atoms with E-state index in [1.54, 1.807) is 4.31 Å². The van der Waals surface area contributed by atoms with Crippen molar-refractivity contribution in [1.82, 2.24) is 9.03 Å². The molecular weight excluding hydrogens is 288 g/mol. The molecule has 1 aliphatic heterocycles. The van der Waals surface area contributed by atoms with E-state index in [2.05, 4.69) is 11.6 Å². The molecular formula is C15H24N2O3S. The van der Waals surface area contributed by atoms with Gasteiger partial charge in [-0.1, -0.05) is 25.1 Å². The van der Waals surface area contributed by atoms with Crippen LogP contribution in [0.3, 0.4) is 0 Å². The van der Waals surface area contributed by atoms with E-state index in [-0.39, 0.29) is 0 Å². The lowest BCUT2D eigenvalue weighted by atomic mass is 10.0. The Morgan fingerprint density at radius 3 is 2.81 bits per heavy atom. The van der Waals surface area contributed by atoms with Crippen LogP contribution in [0.4, 0.5) is 0 Å². The molecule has 5 nitrogen and oxygen atoms in total. The monoisotopic (exact) mass is 312 g/mol. The van der Waals surface area contributed by atoms with Crippen LogP contribution >= 0.6 is 0 Å². The van der Waals surface area contributed by atoms with Crippen LogP contribution in [0.25, 0.3) is 0 Å². The molecule has 1 aromatic carbocycles. The van der Waals surface area contributed by atoms with Gasteiger partial charge in [-0.05, 0) is 37.3 Å². The van der Waals surface area contributed by atoms with E-state index in [9.17, 15) is 8.42 Å². The summed E-state index contributed by atoms with van der Waals surface area (Å²) in [5.74, 6) is 1.25. The number of para-hydroxylation sites is 1. The Kier molecular flexibility index (Phi) is 6.02. The number of hydrogen-bond donors (Lipinski definition) is 1. The minimum Gasteiger partial charge on any atom is -0.494 e. The first kappa shape index (κ1) is 16.3. The molecule has 1 heterocycles. The fourth-order valence-corrected chi connectivity index (χ4v) is 3.84. The standard InChI is InChI=1S/C15H24N2O3S/c1-14-7-5-11-17(13-14)21(18,19)16-10-6-12-20-15-8-3-2-4-9-15/h2-4,8-9,14,16H,5-7,10-13H2,1H3/t14-/m1/s1. The van der Waals surface area contributed by atoms with Crippen molar-refractivity contribution in [3.63, 3.8) is 0 Å². The number of piperidine rings is 1. The predicted molar refractivity (Wildman–Crippen MR) is 83.4 cm³/mol. The first-order valence-corrected chi connectivity index (χ1v) is 8.94. The van der Waals surface area contributed by atoms with E-state index in [1.165, 1.54) is 0 Å². The van der Waals surface area contributed by atoms with E-state index in [1.807, 2.05) is 30.3 Å². The number of nitrogens with zero attached hydrogens (tertiary/aromatic N) is 1.